The predicted molar refractivity (Wildman–Crippen MR) is 264 cm³/mol. The van der Waals surface area contributed by atoms with E-state index < -0.39 is 0 Å². The number of benzene rings is 3. The van der Waals surface area contributed by atoms with Crippen molar-refractivity contribution >= 4 is 63.1 Å². The molecule has 1 aliphatic carbocycles. The van der Waals surface area contributed by atoms with Crippen molar-refractivity contribution in [1.82, 2.24) is 34.6 Å². The normalized spacial score (nSPS) is 11.8. The van der Waals surface area contributed by atoms with E-state index in [2.05, 4.69) is 43.7 Å². The Morgan fingerprint density at radius 1 is 0.758 bits per heavy atom. The van der Waals surface area contributed by atoms with Crippen LogP contribution in [0.4, 0.5) is 17.1 Å². The third-order valence-electron chi connectivity index (χ3n) is 11.1. The van der Waals surface area contributed by atoms with Crippen LogP contribution in [0.15, 0.2) is 107 Å². The number of nitrogens with zero attached hydrogens (tertiary/aromatic N) is 4. The molecule has 1 aliphatic heterocycles. The SMILES string of the molecule is Cc1cc(C(=O)Nc2cc(C(=O)Nc3cc(C(=O)NCCCN(C)C)n(C)c3)n(C)c2)n(CCCNC(C)CNC(=S)Nc2ccc(-c3c4ccc(=O)cc-4oc4cc(O)ccc34)cc2)c1. The lowest BCUT2D eigenvalue weighted by Crippen LogP contribution is -2.41. The molecule has 7 rings (SSSR count). The van der Waals surface area contributed by atoms with Gasteiger partial charge in [0.15, 0.2) is 10.5 Å². The summed E-state index contributed by atoms with van der Waals surface area (Å²) in [5.41, 5.74) is 6.91. The minimum atomic E-state index is -0.378. The highest BCUT2D eigenvalue weighted by molar-refractivity contribution is 7.80. The van der Waals surface area contributed by atoms with Gasteiger partial charge in [-0.2, -0.15) is 0 Å². The first-order valence-corrected chi connectivity index (χ1v) is 22.2. The van der Waals surface area contributed by atoms with Crippen molar-refractivity contribution < 1.29 is 23.9 Å². The fourth-order valence-corrected chi connectivity index (χ4v) is 8.01. The molecule has 0 bridgehead atoms. The topological polar surface area (TPSA) is 192 Å². The van der Waals surface area contributed by atoms with Crippen molar-refractivity contribution in [1.29, 1.82) is 0 Å². The molecule has 16 nitrogen and oxygen atoms in total. The second-order valence-corrected chi connectivity index (χ2v) is 17.2. The summed E-state index contributed by atoms with van der Waals surface area (Å²) in [7, 11) is 7.45. The van der Waals surface area contributed by atoms with Crippen LogP contribution in [0.1, 0.15) is 56.8 Å². The average molecular weight is 913 g/mol. The number of carbonyl (C=O) groups excluding carboxylic acids is 3. The third-order valence-corrected chi connectivity index (χ3v) is 11.3. The number of amides is 3. The number of aryl methyl sites for hydroxylation is 4. The van der Waals surface area contributed by atoms with E-state index in [4.69, 9.17) is 16.6 Å². The smallest absolute Gasteiger partial charge is 0.272 e. The van der Waals surface area contributed by atoms with Gasteiger partial charge < -0.3 is 60.0 Å². The molecule has 0 radical (unpaired) electrons. The van der Waals surface area contributed by atoms with Crippen molar-refractivity contribution in [2.24, 2.45) is 14.1 Å². The second kappa shape index (κ2) is 20.7. The van der Waals surface area contributed by atoms with Gasteiger partial charge in [-0.05, 0) is 132 Å². The van der Waals surface area contributed by atoms with Crippen LogP contribution in [0, 0.1) is 6.92 Å². The molecule has 17 heteroatoms. The maximum absolute atomic E-state index is 13.5. The number of rotatable bonds is 18. The van der Waals surface area contributed by atoms with Gasteiger partial charge in [0.25, 0.3) is 17.7 Å². The van der Waals surface area contributed by atoms with Gasteiger partial charge in [0, 0.05) is 92.7 Å². The summed E-state index contributed by atoms with van der Waals surface area (Å²) in [6.45, 7) is 7.32. The molecule has 2 aromatic carbocycles. The summed E-state index contributed by atoms with van der Waals surface area (Å²) in [6, 6.07) is 22.7. The van der Waals surface area contributed by atoms with Gasteiger partial charge in [-0.1, -0.05) is 12.1 Å². The molecule has 1 unspecified atom stereocenters. The number of thiocarbonyl (C=S) groups is 1. The van der Waals surface area contributed by atoms with Crippen molar-refractivity contribution in [3.63, 3.8) is 0 Å². The van der Waals surface area contributed by atoms with Crippen LogP contribution in [-0.4, -0.2) is 92.9 Å². The Hall–Kier alpha value is -7.21. The van der Waals surface area contributed by atoms with Crippen molar-refractivity contribution in [2.45, 2.75) is 39.3 Å². The van der Waals surface area contributed by atoms with E-state index in [0.29, 0.717) is 71.1 Å². The Labute approximate surface area is 388 Å². The Bertz CT molecular complexity index is 2910. The molecule has 2 aliphatic rings. The van der Waals surface area contributed by atoms with Crippen LogP contribution in [0.3, 0.4) is 0 Å². The molecule has 3 amide bonds. The number of aromatic hydroxyl groups is 1. The highest BCUT2D eigenvalue weighted by atomic mass is 32.1. The van der Waals surface area contributed by atoms with E-state index in [1.165, 1.54) is 12.1 Å². The van der Waals surface area contributed by atoms with Gasteiger partial charge >= 0.3 is 0 Å². The van der Waals surface area contributed by atoms with Gasteiger partial charge in [-0.25, -0.2) is 0 Å². The third kappa shape index (κ3) is 11.5. The number of anilines is 3. The maximum Gasteiger partial charge on any atom is 0.272 e. The number of fused-ring (bicyclic) bond motifs is 2. The summed E-state index contributed by atoms with van der Waals surface area (Å²) in [5.74, 6) is -0.366. The number of hydrogen-bond donors (Lipinski definition) is 7. The monoisotopic (exact) mass is 912 g/mol. The lowest BCUT2D eigenvalue weighted by Gasteiger charge is -2.18. The maximum atomic E-state index is 13.5. The van der Waals surface area contributed by atoms with E-state index in [1.807, 2.05) is 68.2 Å². The van der Waals surface area contributed by atoms with Crippen LogP contribution in [0.2, 0.25) is 0 Å². The Kier molecular flexibility index (Phi) is 14.7. The molecule has 344 valence electrons. The number of phenolic OH excluding ortho intramolecular Hbond substituents is 1. The van der Waals surface area contributed by atoms with E-state index in [1.54, 1.807) is 66.0 Å². The minimum Gasteiger partial charge on any atom is -0.508 e. The largest absolute Gasteiger partial charge is 0.508 e. The Balaban J connectivity index is 0.857. The molecule has 7 N–H and O–H groups in total. The number of aromatic nitrogens is 3. The number of phenols is 1. The highest BCUT2D eigenvalue weighted by Gasteiger charge is 2.20. The summed E-state index contributed by atoms with van der Waals surface area (Å²) >= 11 is 5.61. The first-order chi connectivity index (χ1) is 31.6. The van der Waals surface area contributed by atoms with E-state index >= 15 is 0 Å². The summed E-state index contributed by atoms with van der Waals surface area (Å²) in [5, 5.41) is 30.1. The number of nitrogens with one attached hydrogen (secondary N) is 6. The first-order valence-electron chi connectivity index (χ1n) is 21.7. The predicted octanol–water partition coefficient (Wildman–Crippen LogP) is 6.60. The first kappa shape index (κ1) is 46.8. The fourth-order valence-electron chi connectivity index (χ4n) is 7.81. The fraction of sp³-hybridized carbons (Fsp3) is 0.286. The van der Waals surface area contributed by atoms with Crippen molar-refractivity contribution in [3.05, 3.63) is 130 Å². The van der Waals surface area contributed by atoms with Crippen LogP contribution in [-0.2, 0) is 20.6 Å². The summed E-state index contributed by atoms with van der Waals surface area (Å²) < 4.78 is 11.2. The Morgan fingerprint density at radius 2 is 1.44 bits per heavy atom. The van der Waals surface area contributed by atoms with Gasteiger partial charge in [-0.15, -0.1) is 0 Å². The number of carbonyl (C=O) groups is 3. The molecular formula is C49H56N10O6S. The average Bonchev–Trinajstić information content (AvgIpc) is 3.96. The Morgan fingerprint density at radius 3 is 2.14 bits per heavy atom. The molecule has 0 saturated heterocycles. The molecular weight excluding hydrogens is 857 g/mol. The quantitative estimate of drug-likeness (QED) is 0.0279. The van der Waals surface area contributed by atoms with E-state index in [9.17, 15) is 24.3 Å². The molecule has 5 aromatic rings. The second-order valence-electron chi connectivity index (χ2n) is 16.8. The lowest BCUT2D eigenvalue weighted by molar-refractivity contribution is 0.0942. The zero-order valence-corrected chi connectivity index (χ0v) is 38.8. The summed E-state index contributed by atoms with van der Waals surface area (Å²) in [4.78, 5) is 53.7. The van der Waals surface area contributed by atoms with Gasteiger partial charge in [-0.3, -0.25) is 19.2 Å². The van der Waals surface area contributed by atoms with Gasteiger partial charge in [0.2, 0.25) is 0 Å². The van der Waals surface area contributed by atoms with Crippen LogP contribution >= 0.6 is 12.2 Å². The number of hydrogen-bond acceptors (Lipinski definition) is 9. The van der Waals surface area contributed by atoms with Crippen molar-refractivity contribution in [2.75, 3.05) is 56.2 Å². The van der Waals surface area contributed by atoms with Crippen LogP contribution in [0.5, 0.6) is 5.75 Å². The highest BCUT2D eigenvalue weighted by Crippen LogP contribution is 2.41. The molecule has 66 heavy (non-hydrogen) atoms. The van der Waals surface area contributed by atoms with Gasteiger partial charge in [0.05, 0.1) is 11.4 Å². The van der Waals surface area contributed by atoms with Gasteiger partial charge in [0.1, 0.15) is 34.2 Å². The molecule has 0 saturated carbocycles. The van der Waals surface area contributed by atoms with E-state index in [-0.39, 0.29) is 34.9 Å². The van der Waals surface area contributed by atoms with Crippen LogP contribution in [0.25, 0.3) is 33.4 Å². The summed E-state index contributed by atoms with van der Waals surface area (Å²) in [6.07, 6.45) is 6.92. The minimum absolute atomic E-state index is 0.0732. The van der Waals surface area contributed by atoms with Crippen molar-refractivity contribution in [3.8, 4) is 28.2 Å². The van der Waals surface area contributed by atoms with Crippen LogP contribution < -0.4 is 37.3 Å². The molecule has 4 heterocycles. The molecule has 1 atom stereocenters. The lowest BCUT2D eigenvalue weighted by atomic mass is 9.93. The molecule has 3 aromatic heterocycles. The standard InChI is InChI=1S/C49H56N10O6S/c1-30-21-42(48(64)54-35-23-41(58(6)29-35)47(63)53-34-22-40(57(5)28-34)46(62)51-18-7-19-56(3)4)59(27-30)20-8-17-50-31(2)26-52-49(66)55-33-11-9-32(10-12-33)45-38-15-13-36(60)24-43(38)65-44-25-37(61)14-16-39(44)45/h9-16,21-25,27-29,31,50,60H,7-8,17-20,26H2,1-6H3,(H,51,62)(H,53,63)(H,54,64)(H2,52,55,66). The van der Waals surface area contributed by atoms with E-state index in [0.717, 1.165) is 52.7 Å². The zero-order valence-electron chi connectivity index (χ0n) is 38.0. The molecule has 0 spiro atoms. The zero-order chi connectivity index (χ0) is 47.1. The molecule has 0 fully saturated rings.